The predicted octanol–water partition coefficient (Wildman–Crippen LogP) is 5.21. The number of halogens is 2. The van der Waals surface area contributed by atoms with Crippen LogP contribution in [0.3, 0.4) is 0 Å². The molecule has 0 radical (unpaired) electrons. The number of pyridine rings is 1. The summed E-state index contributed by atoms with van der Waals surface area (Å²) in [5, 5.41) is 0. The molecule has 27 heavy (non-hydrogen) atoms. The van der Waals surface area contributed by atoms with Crippen molar-refractivity contribution in [2.24, 2.45) is 0 Å². The molecule has 140 valence electrons. The average Bonchev–Trinajstić information content (AvgIpc) is 2.70. The number of ether oxygens (including phenoxy) is 2. The van der Waals surface area contributed by atoms with E-state index >= 15 is 0 Å². The number of methoxy groups -OCH3 is 2. The average molecular weight is 431 g/mol. The Morgan fingerprint density at radius 3 is 1.70 bits per heavy atom. The molecule has 0 unspecified atom stereocenters. The van der Waals surface area contributed by atoms with E-state index in [4.69, 9.17) is 9.47 Å². The molecular formula is C21H20BrFN2O2. The first-order valence-electron chi connectivity index (χ1n) is 8.42. The van der Waals surface area contributed by atoms with Crippen molar-refractivity contribution in [1.82, 2.24) is 4.98 Å². The standard InChI is InChI=1S/C21H20BrFN2O2/c1-26-17-7-3-15(4-8-17)13-25(20-12-11-19(23)21(22)24-20)14-16-5-9-18(27-2)10-6-16/h3-12H,13-14H2,1-2H3. The number of anilines is 1. The highest BCUT2D eigenvalue weighted by atomic mass is 79.9. The highest BCUT2D eigenvalue weighted by Crippen LogP contribution is 2.24. The second kappa shape index (κ2) is 8.86. The molecule has 3 aromatic rings. The van der Waals surface area contributed by atoms with Crippen LogP contribution < -0.4 is 14.4 Å². The van der Waals surface area contributed by atoms with Gasteiger partial charge in [0, 0.05) is 13.1 Å². The SMILES string of the molecule is COc1ccc(CN(Cc2ccc(OC)cc2)c2ccc(F)c(Br)n2)cc1. The van der Waals surface area contributed by atoms with Crippen LogP contribution in [0.2, 0.25) is 0 Å². The van der Waals surface area contributed by atoms with Crippen molar-refractivity contribution in [3.63, 3.8) is 0 Å². The van der Waals surface area contributed by atoms with Gasteiger partial charge >= 0.3 is 0 Å². The maximum Gasteiger partial charge on any atom is 0.156 e. The van der Waals surface area contributed by atoms with Gasteiger partial charge in [-0.15, -0.1) is 0 Å². The number of aromatic nitrogens is 1. The minimum atomic E-state index is -0.382. The molecular weight excluding hydrogens is 411 g/mol. The van der Waals surface area contributed by atoms with E-state index in [2.05, 4.69) is 25.8 Å². The molecule has 0 spiro atoms. The Kier molecular flexibility index (Phi) is 6.29. The van der Waals surface area contributed by atoms with E-state index < -0.39 is 0 Å². The smallest absolute Gasteiger partial charge is 0.156 e. The molecule has 3 rings (SSSR count). The second-order valence-electron chi connectivity index (χ2n) is 5.99. The molecule has 0 amide bonds. The second-order valence-corrected chi connectivity index (χ2v) is 6.75. The molecule has 2 aromatic carbocycles. The van der Waals surface area contributed by atoms with E-state index in [1.54, 1.807) is 20.3 Å². The number of hydrogen-bond acceptors (Lipinski definition) is 4. The summed E-state index contributed by atoms with van der Waals surface area (Å²) in [6.07, 6.45) is 0. The third kappa shape index (κ3) is 4.98. The van der Waals surface area contributed by atoms with Gasteiger partial charge in [-0.1, -0.05) is 24.3 Å². The fourth-order valence-electron chi connectivity index (χ4n) is 2.70. The van der Waals surface area contributed by atoms with Crippen LogP contribution >= 0.6 is 15.9 Å². The zero-order chi connectivity index (χ0) is 19.2. The van der Waals surface area contributed by atoms with Crippen LogP contribution in [0.25, 0.3) is 0 Å². The van der Waals surface area contributed by atoms with Gasteiger partial charge in [0.15, 0.2) is 5.82 Å². The molecule has 0 N–H and O–H groups in total. The van der Waals surface area contributed by atoms with Crippen LogP contribution in [0.1, 0.15) is 11.1 Å². The van der Waals surface area contributed by atoms with E-state index in [-0.39, 0.29) is 10.4 Å². The highest BCUT2D eigenvalue weighted by Gasteiger charge is 2.13. The van der Waals surface area contributed by atoms with Crippen LogP contribution in [-0.2, 0) is 13.1 Å². The van der Waals surface area contributed by atoms with Gasteiger partial charge in [-0.2, -0.15) is 0 Å². The van der Waals surface area contributed by atoms with E-state index in [0.717, 1.165) is 22.6 Å². The lowest BCUT2D eigenvalue weighted by atomic mass is 10.1. The lowest BCUT2D eigenvalue weighted by Crippen LogP contribution is -2.23. The molecule has 1 aromatic heterocycles. The van der Waals surface area contributed by atoms with Crippen LogP contribution in [0.5, 0.6) is 11.5 Å². The maximum atomic E-state index is 13.6. The zero-order valence-electron chi connectivity index (χ0n) is 15.2. The van der Waals surface area contributed by atoms with Gasteiger partial charge in [-0.05, 0) is 63.5 Å². The minimum Gasteiger partial charge on any atom is -0.497 e. The normalized spacial score (nSPS) is 10.5. The van der Waals surface area contributed by atoms with Crippen molar-refractivity contribution in [3.05, 3.63) is 82.2 Å². The Morgan fingerprint density at radius 2 is 1.30 bits per heavy atom. The van der Waals surface area contributed by atoms with Crippen LogP contribution in [0, 0.1) is 5.82 Å². The molecule has 0 saturated heterocycles. The molecule has 0 aliphatic rings. The Bertz CT molecular complexity index is 836. The monoisotopic (exact) mass is 430 g/mol. The van der Waals surface area contributed by atoms with Crippen molar-refractivity contribution < 1.29 is 13.9 Å². The predicted molar refractivity (Wildman–Crippen MR) is 108 cm³/mol. The molecule has 0 aliphatic carbocycles. The zero-order valence-corrected chi connectivity index (χ0v) is 16.7. The third-order valence-electron chi connectivity index (χ3n) is 4.18. The Labute approximate surface area is 166 Å². The molecule has 0 fully saturated rings. The topological polar surface area (TPSA) is 34.6 Å². The summed E-state index contributed by atoms with van der Waals surface area (Å²) in [4.78, 5) is 6.44. The molecule has 0 saturated carbocycles. The highest BCUT2D eigenvalue weighted by molar-refractivity contribution is 9.10. The Hall–Kier alpha value is -2.60. The fourth-order valence-corrected chi connectivity index (χ4v) is 3.02. The van der Waals surface area contributed by atoms with Crippen molar-refractivity contribution in [3.8, 4) is 11.5 Å². The Balaban J connectivity index is 1.87. The van der Waals surface area contributed by atoms with E-state index in [1.165, 1.54) is 6.07 Å². The lowest BCUT2D eigenvalue weighted by molar-refractivity contribution is 0.414. The summed E-state index contributed by atoms with van der Waals surface area (Å²) in [6, 6.07) is 18.9. The first-order chi connectivity index (χ1) is 13.1. The summed E-state index contributed by atoms with van der Waals surface area (Å²) in [5.74, 6) is 1.92. The summed E-state index contributed by atoms with van der Waals surface area (Å²) in [7, 11) is 3.29. The van der Waals surface area contributed by atoms with Crippen LogP contribution in [0.4, 0.5) is 10.2 Å². The third-order valence-corrected chi connectivity index (χ3v) is 4.73. The first-order valence-corrected chi connectivity index (χ1v) is 9.21. The molecule has 0 bridgehead atoms. The van der Waals surface area contributed by atoms with Crippen molar-refractivity contribution in [2.45, 2.75) is 13.1 Å². The van der Waals surface area contributed by atoms with Gasteiger partial charge in [0.25, 0.3) is 0 Å². The minimum absolute atomic E-state index is 0.203. The quantitative estimate of drug-likeness (QED) is 0.482. The maximum absolute atomic E-state index is 13.6. The molecule has 0 atom stereocenters. The number of rotatable bonds is 7. The molecule has 6 heteroatoms. The summed E-state index contributed by atoms with van der Waals surface area (Å²) in [5.41, 5.74) is 2.21. The van der Waals surface area contributed by atoms with Crippen molar-refractivity contribution in [1.29, 1.82) is 0 Å². The van der Waals surface area contributed by atoms with E-state index in [1.807, 2.05) is 48.5 Å². The van der Waals surface area contributed by atoms with E-state index in [9.17, 15) is 4.39 Å². The van der Waals surface area contributed by atoms with Gasteiger partial charge < -0.3 is 14.4 Å². The van der Waals surface area contributed by atoms with Gasteiger partial charge in [-0.25, -0.2) is 9.37 Å². The number of hydrogen-bond donors (Lipinski definition) is 0. The van der Waals surface area contributed by atoms with E-state index in [0.29, 0.717) is 18.9 Å². The molecule has 0 aliphatic heterocycles. The number of benzene rings is 2. The molecule has 1 heterocycles. The number of nitrogens with zero attached hydrogens (tertiary/aromatic N) is 2. The van der Waals surface area contributed by atoms with Gasteiger partial charge in [-0.3, -0.25) is 0 Å². The lowest BCUT2D eigenvalue weighted by Gasteiger charge is -2.24. The largest absolute Gasteiger partial charge is 0.497 e. The van der Waals surface area contributed by atoms with Gasteiger partial charge in [0.2, 0.25) is 0 Å². The summed E-state index contributed by atoms with van der Waals surface area (Å²) in [6.45, 7) is 1.25. The summed E-state index contributed by atoms with van der Waals surface area (Å²) >= 11 is 3.18. The van der Waals surface area contributed by atoms with Crippen LogP contribution in [0.15, 0.2) is 65.3 Å². The molecule has 4 nitrogen and oxygen atoms in total. The summed E-state index contributed by atoms with van der Waals surface area (Å²) < 4.78 is 24.3. The van der Waals surface area contributed by atoms with Gasteiger partial charge in [0.1, 0.15) is 21.9 Å². The van der Waals surface area contributed by atoms with Crippen molar-refractivity contribution >= 4 is 21.7 Å². The first kappa shape index (κ1) is 19.2. The Morgan fingerprint density at radius 1 is 0.815 bits per heavy atom. The van der Waals surface area contributed by atoms with Gasteiger partial charge in [0.05, 0.1) is 14.2 Å². The fraction of sp³-hybridized carbons (Fsp3) is 0.190. The van der Waals surface area contributed by atoms with Crippen LogP contribution in [-0.4, -0.2) is 19.2 Å². The van der Waals surface area contributed by atoms with Crippen molar-refractivity contribution in [2.75, 3.05) is 19.1 Å².